The van der Waals surface area contributed by atoms with E-state index in [1.54, 1.807) is 19.1 Å². The summed E-state index contributed by atoms with van der Waals surface area (Å²) in [6.07, 6.45) is 1.44. The third-order valence-electron chi connectivity index (χ3n) is 5.21. The van der Waals surface area contributed by atoms with Crippen molar-refractivity contribution in [1.82, 2.24) is 5.32 Å². The Kier molecular flexibility index (Phi) is 8.76. The number of thioether (sulfide) groups is 1. The number of methoxy groups -OCH3 is 1. The largest absolute Gasteiger partial charge is 0.504 e. The van der Waals surface area contributed by atoms with Crippen molar-refractivity contribution in [2.75, 3.05) is 24.8 Å². The van der Waals surface area contributed by atoms with Gasteiger partial charge in [-0.05, 0) is 48.9 Å². The minimum atomic E-state index is -0.842. The Morgan fingerprint density at radius 3 is 2.67 bits per heavy atom. The van der Waals surface area contributed by atoms with Crippen molar-refractivity contribution < 1.29 is 28.6 Å². The summed E-state index contributed by atoms with van der Waals surface area (Å²) in [5.74, 6) is -2.24. The highest BCUT2D eigenvalue weighted by atomic mass is 32.2. The van der Waals surface area contributed by atoms with Gasteiger partial charge in [0.25, 0.3) is 0 Å². The minimum Gasteiger partial charge on any atom is -0.504 e. The van der Waals surface area contributed by atoms with Crippen LogP contribution in [-0.4, -0.2) is 36.5 Å². The fraction of sp³-hybridized carbons (Fsp3) is 0.192. The molecule has 1 atom stereocenters. The summed E-state index contributed by atoms with van der Waals surface area (Å²) in [5, 5.41) is 26.2. The molecule has 0 spiro atoms. The van der Waals surface area contributed by atoms with E-state index in [4.69, 9.17) is 9.47 Å². The molecule has 3 rings (SSSR count). The number of esters is 1. The summed E-state index contributed by atoms with van der Waals surface area (Å²) in [5.41, 5.74) is 1.80. The average Bonchev–Trinajstić information content (AvgIpc) is 2.87. The van der Waals surface area contributed by atoms with Gasteiger partial charge in [-0.15, -0.1) is 0 Å². The number of nitrogens with one attached hydrogen (secondary N) is 2. The fourth-order valence-corrected chi connectivity index (χ4v) is 4.48. The van der Waals surface area contributed by atoms with Crippen LogP contribution in [0.1, 0.15) is 18.4 Å². The topological polar surface area (TPSA) is 121 Å². The van der Waals surface area contributed by atoms with Crippen LogP contribution in [0.5, 0.6) is 11.5 Å². The predicted octanol–water partition coefficient (Wildman–Crippen LogP) is 4.34. The van der Waals surface area contributed by atoms with E-state index >= 15 is 0 Å². The minimum absolute atomic E-state index is 0.0159. The highest BCUT2D eigenvalue weighted by Gasteiger charge is 2.36. The molecule has 1 aliphatic rings. The van der Waals surface area contributed by atoms with E-state index in [9.17, 15) is 24.3 Å². The molecule has 0 radical (unpaired) electrons. The normalized spacial score (nSPS) is 15.0. The number of carbonyl (C=O) groups is 2. The number of dihydropyridines is 1. The number of benzene rings is 2. The molecule has 3 N–H and O–H groups in total. The summed E-state index contributed by atoms with van der Waals surface area (Å²) >= 11 is 1.08. The number of nitriles is 1. The molecular formula is C26H24FN3O5S. The average molecular weight is 510 g/mol. The third kappa shape index (κ3) is 6.06. The molecule has 8 nitrogen and oxygen atoms in total. The van der Waals surface area contributed by atoms with Gasteiger partial charge in [0, 0.05) is 11.4 Å². The van der Waals surface area contributed by atoms with E-state index in [-0.39, 0.29) is 40.9 Å². The Bertz CT molecular complexity index is 1280. The van der Waals surface area contributed by atoms with Crippen LogP contribution in [0.2, 0.25) is 0 Å². The number of halogens is 1. The highest BCUT2D eigenvalue weighted by molar-refractivity contribution is 8.03. The molecule has 0 aromatic heterocycles. The number of phenolic OH excluding ortho intramolecular Hbond substituents is 1. The molecule has 1 heterocycles. The highest BCUT2D eigenvalue weighted by Crippen LogP contribution is 2.43. The van der Waals surface area contributed by atoms with E-state index in [2.05, 4.69) is 23.3 Å². The van der Waals surface area contributed by atoms with Gasteiger partial charge in [-0.1, -0.05) is 30.5 Å². The Labute approximate surface area is 212 Å². The first-order valence-electron chi connectivity index (χ1n) is 10.7. The number of nitrogens with zero attached hydrogens (tertiary/aromatic N) is 1. The smallest absolute Gasteiger partial charge is 0.337 e. The Morgan fingerprint density at radius 1 is 1.31 bits per heavy atom. The van der Waals surface area contributed by atoms with E-state index in [1.807, 2.05) is 0 Å². The van der Waals surface area contributed by atoms with Crippen molar-refractivity contribution in [1.29, 1.82) is 5.26 Å². The number of amides is 1. The summed E-state index contributed by atoms with van der Waals surface area (Å²) in [6.45, 7) is 5.20. The predicted molar refractivity (Wildman–Crippen MR) is 135 cm³/mol. The number of aromatic hydroxyl groups is 1. The Hall–Kier alpha value is -4.23. The monoisotopic (exact) mass is 509 g/mol. The van der Waals surface area contributed by atoms with Crippen LogP contribution < -0.4 is 15.4 Å². The number of phenols is 1. The van der Waals surface area contributed by atoms with Gasteiger partial charge in [0.15, 0.2) is 11.5 Å². The molecule has 0 saturated carbocycles. The molecule has 0 fully saturated rings. The molecule has 36 heavy (non-hydrogen) atoms. The van der Waals surface area contributed by atoms with Gasteiger partial charge >= 0.3 is 5.97 Å². The number of hydrogen-bond acceptors (Lipinski definition) is 8. The van der Waals surface area contributed by atoms with E-state index < -0.39 is 17.7 Å². The maximum Gasteiger partial charge on any atom is 0.337 e. The second-order valence-corrected chi connectivity index (χ2v) is 8.60. The van der Waals surface area contributed by atoms with E-state index in [0.717, 1.165) is 11.8 Å². The standard InChI is InChI=1S/C26H24FN3O5S/c1-4-11-35-26(33)23-15(2)29-25(36-14-22(32)30-18-8-6-17(27)7-9-18)19(13-28)24(23)16-5-10-20(31)21(12-16)34-3/h4-10,12,24,29,31H,1,11,14H2,2-3H3,(H,30,32). The van der Waals surface area contributed by atoms with Crippen LogP contribution in [-0.2, 0) is 14.3 Å². The van der Waals surface area contributed by atoms with Crippen molar-refractivity contribution in [2.24, 2.45) is 0 Å². The Balaban J connectivity index is 1.94. The number of carbonyl (C=O) groups excluding carboxylic acids is 2. The van der Waals surface area contributed by atoms with Gasteiger partial charge in [0.05, 0.1) is 41.0 Å². The van der Waals surface area contributed by atoms with Gasteiger partial charge in [-0.25, -0.2) is 9.18 Å². The molecule has 2 aromatic rings. The number of rotatable bonds is 9. The number of ether oxygens (including phenoxy) is 2. The molecular weight excluding hydrogens is 485 g/mol. The van der Waals surface area contributed by atoms with Gasteiger partial charge in [0.2, 0.25) is 5.91 Å². The van der Waals surface area contributed by atoms with Crippen molar-refractivity contribution >= 4 is 29.3 Å². The van der Waals surface area contributed by atoms with E-state index in [1.165, 1.54) is 43.5 Å². The van der Waals surface area contributed by atoms with Crippen LogP contribution in [0.4, 0.5) is 10.1 Å². The molecule has 10 heteroatoms. The van der Waals surface area contributed by atoms with Crippen molar-refractivity contribution in [2.45, 2.75) is 12.8 Å². The first kappa shape index (κ1) is 26.4. The van der Waals surface area contributed by atoms with Gasteiger partial charge < -0.3 is 25.2 Å². The van der Waals surface area contributed by atoms with Gasteiger partial charge in [0.1, 0.15) is 12.4 Å². The summed E-state index contributed by atoms with van der Waals surface area (Å²) in [7, 11) is 1.39. The third-order valence-corrected chi connectivity index (χ3v) is 6.23. The summed E-state index contributed by atoms with van der Waals surface area (Å²) < 4.78 is 23.6. The molecule has 1 aliphatic heterocycles. The van der Waals surface area contributed by atoms with Crippen LogP contribution in [0.3, 0.4) is 0 Å². The zero-order valence-corrected chi connectivity index (χ0v) is 20.4. The quantitative estimate of drug-likeness (QED) is 0.337. The molecule has 1 amide bonds. The molecule has 186 valence electrons. The first-order chi connectivity index (χ1) is 17.3. The lowest BCUT2D eigenvalue weighted by Crippen LogP contribution is -2.29. The van der Waals surface area contributed by atoms with Crippen LogP contribution >= 0.6 is 11.8 Å². The van der Waals surface area contributed by atoms with Crippen molar-refractivity contribution in [3.8, 4) is 17.6 Å². The number of anilines is 1. The second-order valence-electron chi connectivity index (χ2n) is 7.61. The van der Waals surface area contributed by atoms with Crippen molar-refractivity contribution in [3.05, 3.63) is 88.4 Å². The van der Waals surface area contributed by atoms with Gasteiger partial charge in [-0.2, -0.15) is 5.26 Å². The zero-order chi connectivity index (χ0) is 26.2. The maximum atomic E-state index is 13.1. The summed E-state index contributed by atoms with van der Waals surface area (Å²) in [4.78, 5) is 25.4. The van der Waals surface area contributed by atoms with Crippen molar-refractivity contribution in [3.63, 3.8) is 0 Å². The maximum absolute atomic E-state index is 13.1. The second kappa shape index (κ2) is 12.0. The number of allylic oxidation sites excluding steroid dienone is 2. The lowest BCUT2D eigenvalue weighted by atomic mass is 9.82. The fourth-order valence-electron chi connectivity index (χ4n) is 3.58. The van der Waals surface area contributed by atoms with Gasteiger partial charge in [-0.3, -0.25) is 4.79 Å². The molecule has 1 unspecified atom stereocenters. The molecule has 0 aliphatic carbocycles. The SMILES string of the molecule is C=CCOC(=O)C1=C(C)NC(SCC(=O)Nc2ccc(F)cc2)=C(C#N)C1c1ccc(O)c(OC)c1. The van der Waals surface area contributed by atoms with Crippen LogP contribution in [0.15, 0.2) is 77.0 Å². The Morgan fingerprint density at radius 2 is 2.03 bits per heavy atom. The number of hydrogen-bond donors (Lipinski definition) is 3. The van der Waals surface area contributed by atoms with E-state index in [0.29, 0.717) is 22.0 Å². The molecule has 2 aromatic carbocycles. The molecule has 0 bridgehead atoms. The zero-order valence-electron chi connectivity index (χ0n) is 19.6. The van der Waals surface area contributed by atoms with Crippen LogP contribution in [0, 0.1) is 17.1 Å². The lowest BCUT2D eigenvalue weighted by Gasteiger charge is -2.29. The summed E-state index contributed by atoms with van der Waals surface area (Å²) in [6, 6.07) is 12.1. The first-order valence-corrected chi connectivity index (χ1v) is 11.7. The molecule has 0 saturated heterocycles. The lowest BCUT2D eigenvalue weighted by molar-refractivity contribution is -0.138. The van der Waals surface area contributed by atoms with Crippen LogP contribution in [0.25, 0.3) is 0 Å².